The Balaban J connectivity index is 1.69. The summed E-state index contributed by atoms with van der Waals surface area (Å²) in [6.45, 7) is 3.84. The highest BCUT2D eigenvalue weighted by atomic mass is 16.3. The Bertz CT molecular complexity index is 579. The Hall–Kier alpha value is -0.490. The van der Waals surface area contributed by atoms with Crippen LogP contribution in [-0.2, 0) is 4.79 Å². The predicted molar refractivity (Wildman–Crippen MR) is 96.1 cm³/mol. The minimum absolute atomic E-state index is 0.00167. The summed E-state index contributed by atoms with van der Waals surface area (Å²) in [6.07, 6.45) is 4.22. The zero-order valence-corrected chi connectivity index (χ0v) is 16.0. The number of carbonyl (C=O) groups excluding carboxylic acids is 1. The maximum atomic E-state index is 12.3. The third-order valence-corrected chi connectivity index (χ3v) is 9.10. The van der Waals surface area contributed by atoms with Crippen molar-refractivity contribution in [3.63, 3.8) is 0 Å². The van der Waals surface area contributed by atoms with E-state index in [2.05, 4.69) is 6.92 Å². The SMILES string of the molecule is CC12CCC(O)CC1CCC1C2C(O)CC2(C)C(C(=O)CO)CC(O)C12. The van der Waals surface area contributed by atoms with E-state index in [1.54, 1.807) is 0 Å². The molecule has 4 aliphatic carbocycles. The average molecular weight is 366 g/mol. The molecule has 4 N–H and O–H groups in total. The summed E-state index contributed by atoms with van der Waals surface area (Å²) in [5.74, 6) is 0.235. The highest BCUT2D eigenvalue weighted by Gasteiger charge is 2.66. The lowest BCUT2D eigenvalue weighted by atomic mass is 9.43. The zero-order chi connectivity index (χ0) is 18.9. The van der Waals surface area contributed by atoms with Gasteiger partial charge in [-0.05, 0) is 79.4 Å². The number of carbonyl (C=O) groups is 1. The fourth-order valence-corrected chi connectivity index (χ4v) is 8.04. The van der Waals surface area contributed by atoms with Crippen LogP contribution in [0, 0.1) is 40.4 Å². The molecular formula is C21H34O5. The molecule has 4 rings (SSSR count). The molecule has 0 spiro atoms. The molecule has 0 bridgehead atoms. The van der Waals surface area contributed by atoms with Gasteiger partial charge in [0.2, 0.25) is 0 Å². The number of aliphatic hydroxyl groups is 4. The Morgan fingerprint density at radius 1 is 0.962 bits per heavy atom. The number of rotatable bonds is 2. The molecule has 148 valence electrons. The minimum Gasteiger partial charge on any atom is -0.393 e. The van der Waals surface area contributed by atoms with Gasteiger partial charge >= 0.3 is 0 Å². The van der Waals surface area contributed by atoms with Gasteiger partial charge in [0.25, 0.3) is 0 Å². The third-order valence-electron chi connectivity index (χ3n) is 9.10. The second-order valence-electron chi connectivity index (χ2n) is 10.2. The highest BCUT2D eigenvalue weighted by Crippen LogP contribution is 2.67. The smallest absolute Gasteiger partial charge is 0.161 e. The molecule has 4 fully saturated rings. The molecular weight excluding hydrogens is 332 g/mol. The predicted octanol–water partition coefficient (Wildman–Crippen LogP) is 1.51. The van der Waals surface area contributed by atoms with Crippen LogP contribution in [0.25, 0.3) is 0 Å². The minimum atomic E-state index is -0.533. The molecule has 26 heavy (non-hydrogen) atoms. The van der Waals surface area contributed by atoms with E-state index in [0.717, 1.165) is 32.1 Å². The molecule has 0 radical (unpaired) electrons. The largest absolute Gasteiger partial charge is 0.393 e. The lowest BCUT2D eigenvalue weighted by molar-refractivity contribution is -0.188. The van der Waals surface area contributed by atoms with Crippen molar-refractivity contribution in [2.45, 2.75) is 77.1 Å². The van der Waals surface area contributed by atoms with Crippen molar-refractivity contribution < 1.29 is 25.2 Å². The zero-order valence-electron chi connectivity index (χ0n) is 16.0. The number of ketones is 1. The Morgan fingerprint density at radius 3 is 2.35 bits per heavy atom. The molecule has 4 aliphatic rings. The van der Waals surface area contributed by atoms with E-state index in [1.807, 2.05) is 6.92 Å². The van der Waals surface area contributed by atoms with Crippen LogP contribution in [0.3, 0.4) is 0 Å². The molecule has 0 aromatic rings. The maximum Gasteiger partial charge on any atom is 0.161 e. The number of Topliss-reactive ketones (excluding diaryl/α,β-unsaturated/α-hetero) is 1. The highest BCUT2D eigenvalue weighted by molar-refractivity contribution is 5.83. The molecule has 5 heteroatoms. The lowest BCUT2D eigenvalue weighted by Crippen LogP contribution is -2.60. The van der Waals surface area contributed by atoms with E-state index in [1.165, 1.54) is 0 Å². The average Bonchev–Trinajstić information content (AvgIpc) is 2.85. The number of hydrogen-bond donors (Lipinski definition) is 4. The van der Waals surface area contributed by atoms with Gasteiger partial charge in [0, 0.05) is 5.92 Å². The molecule has 0 heterocycles. The van der Waals surface area contributed by atoms with Crippen LogP contribution in [0.15, 0.2) is 0 Å². The summed E-state index contributed by atoms with van der Waals surface area (Å²) in [4.78, 5) is 12.3. The molecule has 10 atom stereocenters. The first-order valence-corrected chi connectivity index (χ1v) is 10.4. The van der Waals surface area contributed by atoms with Gasteiger partial charge < -0.3 is 20.4 Å². The van der Waals surface area contributed by atoms with Gasteiger partial charge in [-0.2, -0.15) is 0 Å². The molecule has 0 aromatic heterocycles. The number of hydrogen-bond acceptors (Lipinski definition) is 5. The Labute approximate surface area is 155 Å². The van der Waals surface area contributed by atoms with E-state index in [0.29, 0.717) is 18.8 Å². The summed E-state index contributed by atoms with van der Waals surface area (Å²) < 4.78 is 0. The molecule has 0 aromatic carbocycles. The van der Waals surface area contributed by atoms with Crippen LogP contribution in [0.2, 0.25) is 0 Å². The van der Waals surface area contributed by atoms with Crippen molar-refractivity contribution in [2.75, 3.05) is 6.61 Å². The second kappa shape index (κ2) is 6.26. The standard InChI is InChI=1S/C21H34O5/c1-20-6-5-12(23)7-11(20)3-4-13-18-15(24)8-14(17(26)10-22)21(18,2)9-16(25)19(13)20/h11-16,18-19,22-25H,3-10H2,1-2H3. The summed E-state index contributed by atoms with van der Waals surface area (Å²) in [5, 5.41) is 41.6. The number of aliphatic hydroxyl groups excluding tert-OH is 4. The number of fused-ring (bicyclic) bond motifs is 5. The molecule has 4 saturated carbocycles. The van der Waals surface area contributed by atoms with Crippen molar-refractivity contribution in [1.29, 1.82) is 0 Å². The Kier molecular flexibility index (Phi) is 4.54. The summed E-state index contributed by atoms with van der Waals surface area (Å²) in [5.41, 5.74) is -0.432. The molecule has 10 unspecified atom stereocenters. The lowest BCUT2D eigenvalue weighted by Gasteiger charge is -2.62. The molecule has 0 aliphatic heterocycles. The topological polar surface area (TPSA) is 98.0 Å². The van der Waals surface area contributed by atoms with E-state index in [-0.39, 0.29) is 41.0 Å². The van der Waals surface area contributed by atoms with Crippen molar-refractivity contribution in [1.82, 2.24) is 0 Å². The molecule has 5 nitrogen and oxygen atoms in total. The summed E-state index contributed by atoms with van der Waals surface area (Å²) >= 11 is 0. The first kappa shape index (κ1) is 18.9. The summed E-state index contributed by atoms with van der Waals surface area (Å²) in [6, 6.07) is 0. The first-order valence-electron chi connectivity index (χ1n) is 10.4. The van der Waals surface area contributed by atoms with Gasteiger partial charge in [0.1, 0.15) is 6.61 Å². The van der Waals surface area contributed by atoms with Gasteiger partial charge in [-0.1, -0.05) is 13.8 Å². The van der Waals surface area contributed by atoms with Gasteiger partial charge in [-0.3, -0.25) is 4.79 Å². The quantitative estimate of drug-likeness (QED) is 0.594. The van der Waals surface area contributed by atoms with Gasteiger partial charge in [0.15, 0.2) is 5.78 Å². The van der Waals surface area contributed by atoms with Crippen LogP contribution in [0.4, 0.5) is 0 Å². The van der Waals surface area contributed by atoms with Crippen LogP contribution < -0.4 is 0 Å². The maximum absolute atomic E-state index is 12.3. The second-order valence-corrected chi connectivity index (χ2v) is 10.2. The third kappa shape index (κ3) is 2.47. The van der Waals surface area contributed by atoms with E-state index >= 15 is 0 Å². The molecule has 0 amide bonds. The molecule has 0 saturated heterocycles. The first-order chi connectivity index (χ1) is 12.2. The van der Waals surface area contributed by atoms with Crippen molar-refractivity contribution in [3.05, 3.63) is 0 Å². The Morgan fingerprint density at radius 2 is 1.65 bits per heavy atom. The van der Waals surface area contributed by atoms with Crippen LogP contribution >= 0.6 is 0 Å². The normalized spacial score (nSPS) is 56.4. The van der Waals surface area contributed by atoms with E-state index < -0.39 is 24.2 Å². The fourth-order valence-electron chi connectivity index (χ4n) is 8.04. The fraction of sp³-hybridized carbons (Fsp3) is 0.952. The van der Waals surface area contributed by atoms with E-state index in [9.17, 15) is 25.2 Å². The van der Waals surface area contributed by atoms with E-state index in [4.69, 9.17) is 0 Å². The van der Waals surface area contributed by atoms with Gasteiger partial charge in [-0.25, -0.2) is 0 Å². The monoisotopic (exact) mass is 366 g/mol. The van der Waals surface area contributed by atoms with Gasteiger partial charge in [-0.15, -0.1) is 0 Å². The van der Waals surface area contributed by atoms with Crippen LogP contribution in [-0.4, -0.2) is 51.1 Å². The van der Waals surface area contributed by atoms with Crippen molar-refractivity contribution in [2.24, 2.45) is 40.4 Å². The van der Waals surface area contributed by atoms with Crippen LogP contribution in [0.1, 0.15) is 58.8 Å². The van der Waals surface area contributed by atoms with Crippen LogP contribution in [0.5, 0.6) is 0 Å². The summed E-state index contributed by atoms with van der Waals surface area (Å²) in [7, 11) is 0. The van der Waals surface area contributed by atoms with Crippen molar-refractivity contribution >= 4 is 5.78 Å². The van der Waals surface area contributed by atoms with Crippen molar-refractivity contribution in [3.8, 4) is 0 Å². The van der Waals surface area contributed by atoms with Gasteiger partial charge in [0.05, 0.1) is 18.3 Å².